The third-order valence-corrected chi connectivity index (χ3v) is 5.57. The van der Waals surface area contributed by atoms with E-state index in [-0.39, 0.29) is 6.03 Å². The number of rotatable bonds is 4. The normalized spacial score (nSPS) is 19.6. The number of nitrogens with one attached hydrogen (secondary N) is 2. The van der Waals surface area contributed by atoms with Crippen LogP contribution in [0.1, 0.15) is 16.8 Å². The molecule has 3 aromatic rings. The van der Waals surface area contributed by atoms with Gasteiger partial charge in [0.1, 0.15) is 17.8 Å². The van der Waals surface area contributed by atoms with Crippen molar-refractivity contribution in [1.82, 2.24) is 20.2 Å². The fourth-order valence-electron chi connectivity index (χ4n) is 3.83. The first kappa shape index (κ1) is 18.4. The van der Waals surface area contributed by atoms with Gasteiger partial charge in [0, 0.05) is 4.90 Å². The Bertz CT molecular complexity index is 1170. The number of amides is 2. The lowest BCUT2D eigenvalue weighted by molar-refractivity contribution is 0.225. The van der Waals surface area contributed by atoms with Crippen LogP contribution < -0.4 is 10.1 Å². The number of amidine groups is 1. The Labute approximate surface area is 178 Å². The van der Waals surface area contributed by atoms with Crippen molar-refractivity contribution in [2.75, 3.05) is 7.11 Å². The van der Waals surface area contributed by atoms with Crippen LogP contribution in [-0.2, 0) is 12.1 Å². The summed E-state index contributed by atoms with van der Waals surface area (Å²) in [5, 5.41) is 3.12. The van der Waals surface area contributed by atoms with Gasteiger partial charge in [0.15, 0.2) is 17.2 Å². The maximum Gasteiger partial charge on any atom is 0.324 e. The molecule has 0 radical (unpaired) electrons. The van der Waals surface area contributed by atoms with E-state index in [9.17, 15) is 4.79 Å². The summed E-state index contributed by atoms with van der Waals surface area (Å²) < 4.78 is 5.29. The fourth-order valence-corrected chi connectivity index (χ4v) is 3.97. The first-order valence-corrected chi connectivity index (χ1v) is 9.73. The van der Waals surface area contributed by atoms with Crippen molar-refractivity contribution in [2.45, 2.75) is 17.0 Å². The molecule has 2 N–H and O–H groups in total. The second-order valence-electron chi connectivity index (χ2n) is 6.96. The number of carbonyl (C=O) groups excluding carboxylic acids is 1. The van der Waals surface area contributed by atoms with Crippen molar-refractivity contribution < 1.29 is 9.53 Å². The Balaban J connectivity index is 1.65. The molecule has 1 fully saturated rings. The van der Waals surface area contributed by atoms with Gasteiger partial charge in [-0.05, 0) is 35.4 Å². The number of ether oxygens (including phenoxy) is 1. The average Bonchev–Trinajstić information content (AvgIpc) is 3.30. The van der Waals surface area contributed by atoms with E-state index < -0.39 is 5.54 Å². The third kappa shape index (κ3) is 2.78. The van der Waals surface area contributed by atoms with Crippen LogP contribution in [0.4, 0.5) is 10.6 Å². The van der Waals surface area contributed by atoms with E-state index in [1.54, 1.807) is 18.3 Å². The molecule has 150 valence electrons. The summed E-state index contributed by atoms with van der Waals surface area (Å²) in [7, 11) is 1.61. The van der Waals surface area contributed by atoms with E-state index in [1.165, 1.54) is 6.34 Å². The molecule has 1 unspecified atom stereocenters. The standard InChI is InChI=1S/C21H18N6O2S/c1-29-15-6-4-14(5-7-15)21-17-18(23-11-22-17)24-12-25-19(21)27(20(28)26-21)10-13-2-8-16(30)9-3-13/h2-9,11-12,30H,10H2,1H3,(H,22,23)(H,26,28). The molecule has 5 rings (SSSR count). The van der Waals surface area contributed by atoms with Crippen molar-refractivity contribution in [3.8, 4) is 5.75 Å². The summed E-state index contributed by atoms with van der Waals surface area (Å²) in [6.45, 7) is 0.351. The lowest BCUT2D eigenvalue weighted by Gasteiger charge is -2.28. The van der Waals surface area contributed by atoms with E-state index in [0.29, 0.717) is 29.6 Å². The summed E-state index contributed by atoms with van der Waals surface area (Å²) in [5.41, 5.74) is 1.28. The predicted octanol–water partition coefficient (Wildman–Crippen LogP) is 3.25. The minimum Gasteiger partial charge on any atom is -0.497 e. The van der Waals surface area contributed by atoms with Crippen molar-refractivity contribution in [3.63, 3.8) is 0 Å². The summed E-state index contributed by atoms with van der Waals surface area (Å²) in [5.74, 6) is 1.78. The molecule has 2 aromatic carbocycles. The average molecular weight is 418 g/mol. The van der Waals surface area contributed by atoms with Crippen LogP contribution in [0.15, 0.2) is 69.7 Å². The molecule has 30 heavy (non-hydrogen) atoms. The second kappa shape index (κ2) is 7.03. The van der Waals surface area contributed by atoms with Crippen LogP contribution in [0.3, 0.4) is 0 Å². The van der Waals surface area contributed by atoms with Crippen LogP contribution in [0.2, 0.25) is 0 Å². The first-order chi connectivity index (χ1) is 14.6. The summed E-state index contributed by atoms with van der Waals surface area (Å²) in [4.78, 5) is 32.1. The van der Waals surface area contributed by atoms with Gasteiger partial charge in [-0.2, -0.15) is 0 Å². The molecule has 2 aliphatic heterocycles. The Morgan fingerprint density at radius 3 is 2.63 bits per heavy atom. The third-order valence-electron chi connectivity index (χ3n) is 5.27. The van der Waals surface area contributed by atoms with Crippen molar-refractivity contribution in [2.24, 2.45) is 9.98 Å². The van der Waals surface area contributed by atoms with Gasteiger partial charge in [-0.3, -0.25) is 4.90 Å². The van der Waals surface area contributed by atoms with Gasteiger partial charge in [0.05, 0.1) is 20.0 Å². The molecule has 0 aliphatic carbocycles. The number of urea groups is 1. The number of carbonyl (C=O) groups is 1. The zero-order valence-corrected chi connectivity index (χ0v) is 16.9. The molecule has 0 saturated carbocycles. The highest BCUT2D eigenvalue weighted by molar-refractivity contribution is 7.80. The van der Waals surface area contributed by atoms with Crippen molar-refractivity contribution in [1.29, 1.82) is 0 Å². The van der Waals surface area contributed by atoms with Gasteiger partial charge in [0.25, 0.3) is 0 Å². The minimum absolute atomic E-state index is 0.260. The number of fused-ring (bicyclic) bond motifs is 3. The largest absolute Gasteiger partial charge is 0.497 e. The number of imidazole rings is 1. The second-order valence-corrected chi connectivity index (χ2v) is 7.47. The number of aromatic amines is 1. The van der Waals surface area contributed by atoms with Gasteiger partial charge < -0.3 is 15.0 Å². The molecule has 1 saturated heterocycles. The maximum absolute atomic E-state index is 13.2. The smallest absolute Gasteiger partial charge is 0.324 e. The van der Waals surface area contributed by atoms with Gasteiger partial charge >= 0.3 is 6.03 Å². The Morgan fingerprint density at radius 1 is 1.13 bits per heavy atom. The van der Waals surface area contributed by atoms with E-state index in [1.807, 2.05) is 48.5 Å². The molecule has 1 atom stereocenters. The number of hydrogen-bond acceptors (Lipinski definition) is 6. The highest BCUT2D eigenvalue weighted by Crippen LogP contribution is 2.41. The van der Waals surface area contributed by atoms with E-state index in [0.717, 1.165) is 16.0 Å². The molecular weight excluding hydrogens is 400 g/mol. The summed E-state index contributed by atoms with van der Waals surface area (Å²) in [6.07, 6.45) is 3.01. The van der Waals surface area contributed by atoms with Gasteiger partial charge in [-0.25, -0.2) is 19.8 Å². The van der Waals surface area contributed by atoms with Gasteiger partial charge in [0.2, 0.25) is 0 Å². The summed E-state index contributed by atoms with van der Waals surface area (Å²) in [6, 6.07) is 14.9. The fraction of sp³-hybridized carbons (Fsp3) is 0.143. The van der Waals surface area contributed by atoms with Crippen molar-refractivity contribution in [3.05, 3.63) is 71.7 Å². The summed E-state index contributed by atoms with van der Waals surface area (Å²) >= 11 is 4.33. The molecule has 3 heterocycles. The van der Waals surface area contributed by atoms with E-state index >= 15 is 0 Å². The molecule has 9 heteroatoms. The first-order valence-electron chi connectivity index (χ1n) is 9.28. The van der Waals surface area contributed by atoms with Crippen LogP contribution in [-0.4, -0.2) is 40.2 Å². The Kier molecular flexibility index (Phi) is 4.32. The topological polar surface area (TPSA) is 95.0 Å². The lowest BCUT2D eigenvalue weighted by atomic mass is 9.85. The molecule has 0 spiro atoms. The number of benzene rings is 2. The number of nitrogens with zero attached hydrogens (tertiary/aromatic N) is 4. The number of hydrogen-bond donors (Lipinski definition) is 3. The molecule has 2 amide bonds. The number of H-pyrrole nitrogens is 1. The van der Waals surface area contributed by atoms with Gasteiger partial charge in [-0.1, -0.05) is 24.3 Å². The molecule has 2 aliphatic rings. The van der Waals surface area contributed by atoms with Crippen LogP contribution >= 0.6 is 12.6 Å². The van der Waals surface area contributed by atoms with Gasteiger partial charge in [-0.15, -0.1) is 12.6 Å². The van der Waals surface area contributed by atoms with Crippen LogP contribution in [0.25, 0.3) is 0 Å². The number of methoxy groups -OCH3 is 1. The molecule has 8 nitrogen and oxygen atoms in total. The minimum atomic E-state index is -1.07. The highest BCUT2D eigenvalue weighted by Gasteiger charge is 2.54. The Morgan fingerprint density at radius 2 is 1.90 bits per heavy atom. The molecule has 0 bridgehead atoms. The number of thiol groups is 1. The quantitative estimate of drug-likeness (QED) is 0.568. The SMILES string of the molecule is COc1ccc(C23NC(=O)N(Cc4ccc(S)cc4)C2=NC=Nc2[nH]cnc23)cc1. The lowest BCUT2D eigenvalue weighted by Crippen LogP contribution is -2.45. The van der Waals surface area contributed by atoms with Crippen LogP contribution in [0.5, 0.6) is 5.75 Å². The van der Waals surface area contributed by atoms with Crippen molar-refractivity contribution >= 4 is 36.7 Å². The zero-order chi connectivity index (χ0) is 20.7. The molecule has 1 aromatic heterocycles. The zero-order valence-electron chi connectivity index (χ0n) is 16.0. The van der Waals surface area contributed by atoms with Crippen LogP contribution in [0, 0.1) is 0 Å². The highest BCUT2D eigenvalue weighted by atomic mass is 32.1. The predicted molar refractivity (Wildman–Crippen MR) is 116 cm³/mol. The molecular formula is C21H18N6O2S. The monoisotopic (exact) mass is 418 g/mol. The van der Waals surface area contributed by atoms with E-state index in [2.05, 4.69) is 37.9 Å². The Hall–Kier alpha value is -3.59. The number of aliphatic imine (C=N–C) groups is 2. The maximum atomic E-state index is 13.2. The number of aromatic nitrogens is 2. The van der Waals surface area contributed by atoms with E-state index in [4.69, 9.17) is 4.74 Å².